The van der Waals surface area contributed by atoms with Crippen molar-refractivity contribution >= 4 is 42.6 Å². The summed E-state index contributed by atoms with van der Waals surface area (Å²) in [4.78, 5) is 3.69. The van der Waals surface area contributed by atoms with Gasteiger partial charge in [-0.05, 0) is 69.9 Å². The van der Waals surface area contributed by atoms with Gasteiger partial charge in [0.25, 0.3) is 0 Å². The van der Waals surface area contributed by atoms with Crippen LogP contribution in [-0.4, -0.2) is 31.9 Å². The second-order valence-electron chi connectivity index (χ2n) is 10.0. The van der Waals surface area contributed by atoms with Gasteiger partial charge in [-0.25, -0.2) is 0 Å². The molecule has 0 bridgehead atoms. The third kappa shape index (κ3) is 8.07. The van der Waals surface area contributed by atoms with E-state index in [0.717, 1.165) is 17.1 Å². The SMILES string of the molecule is O=S(=O)(O)C(F)(F)F.c1ccc([S+](c2ccccc2)c2ccccc2OCOCCc2cc3ccccc3c3ccccc23)cc1. The molecular weight excluding hydrogens is 634 g/mol. The van der Waals surface area contributed by atoms with E-state index >= 15 is 0 Å². The number of fused-ring (bicyclic) bond motifs is 3. The number of para-hydroxylation sites is 1. The highest BCUT2D eigenvalue weighted by molar-refractivity contribution is 7.97. The smallest absolute Gasteiger partial charge is 0.462 e. The summed E-state index contributed by atoms with van der Waals surface area (Å²) >= 11 is 0. The van der Waals surface area contributed by atoms with Crippen molar-refractivity contribution in [2.24, 2.45) is 0 Å². The van der Waals surface area contributed by atoms with Crippen LogP contribution in [0.2, 0.25) is 0 Å². The second-order valence-corrected chi connectivity index (χ2v) is 13.4. The molecule has 0 aromatic heterocycles. The summed E-state index contributed by atoms with van der Waals surface area (Å²) in [6.45, 7) is 0.802. The second kappa shape index (κ2) is 14.8. The third-order valence-corrected chi connectivity index (χ3v) is 9.84. The highest BCUT2D eigenvalue weighted by Crippen LogP contribution is 2.36. The van der Waals surface area contributed by atoms with Crippen molar-refractivity contribution in [2.45, 2.75) is 26.6 Å². The Morgan fingerprint density at radius 3 is 1.76 bits per heavy atom. The largest absolute Gasteiger partial charge is 0.522 e. The van der Waals surface area contributed by atoms with E-state index in [2.05, 4.69) is 127 Å². The summed E-state index contributed by atoms with van der Waals surface area (Å²) in [7, 11) is -6.11. The highest BCUT2D eigenvalue weighted by Gasteiger charge is 2.44. The first kappa shape index (κ1) is 33.0. The molecule has 0 amide bonds. The summed E-state index contributed by atoms with van der Waals surface area (Å²) < 4.78 is 69.8. The molecule has 10 heteroatoms. The van der Waals surface area contributed by atoms with Crippen LogP contribution >= 0.6 is 0 Å². The number of benzene rings is 6. The third-order valence-electron chi connectivity index (χ3n) is 6.99. The molecule has 1 N–H and O–H groups in total. The van der Waals surface area contributed by atoms with Crippen molar-refractivity contribution in [2.75, 3.05) is 13.4 Å². The van der Waals surface area contributed by atoms with E-state index in [-0.39, 0.29) is 17.7 Å². The normalized spacial score (nSPS) is 11.8. The van der Waals surface area contributed by atoms with Crippen LogP contribution < -0.4 is 4.74 Å². The van der Waals surface area contributed by atoms with Crippen LogP contribution in [0.3, 0.4) is 0 Å². The molecule has 236 valence electrons. The molecule has 0 atom stereocenters. The topological polar surface area (TPSA) is 72.8 Å². The van der Waals surface area contributed by atoms with Crippen LogP contribution in [0, 0.1) is 0 Å². The Bertz CT molecular complexity index is 1960. The van der Waals surface area contributed by atoms with E-state index in [0.29, 0.717) is 6.61 Å². The van der Waals surface area contributed by atoms with E-state index in [9.17, 15) is 13.2 Å². The molecule has 0 saturated heterocycles. The Kier molecular flexibility index (Phi) is 10.6. The minimum Gasteiger partial charge on any atom is -0.462 e. The van der Waals surface area contributed by atoms with Crippen molar-refractivity contribution in [1.29, 1.82) is 0 Å². The molecule has 0 unspecified atom stereocenters. The maximum Gasteiger partial charge on any atom is 0.522 e. The van der Waals surface area contributed by atoms with Gasteiger partial charge in [0.2, 0.25) is 4.90 Å². The predicted octanol–water partition coefficient (Wildman–Crippen LogP) is 9.08. The predicted molar refractivity (Wildman–Crippen MR) is 176 cm³/mol. The van der Waals surface area contributed by atoms with Crippen molar-refractivity contribution < 1.29 is 35.6 Å². The number of ether oxygens (including phenoxy) is 2. The Labute approximate surface area is 268 Å². The van der Waals surface area contributed by atoms with Gasteiger partial charge >= 0.3 is 15.6 Å². The Balaban J connectivity index is 0.000000463. The van der Waals surface area contributed by atoms with E-state index in [1.54, 1.807) is 0 Å². The fourth-order valence-electron chi connectivity index (χ4n) is 4.93. The lowest BCUT2D eigenvalue weighted by molar-refractivity contribution is -0.0510. The fraction of sp³-hybridized carbons (Fsp3) is 0.111. The molecular formula is C36H30F3O5S2+. The van der Waals surface area contributed by atoms with Crippen LogP contribution in [0.15, 0.2) is 154 Å². The Morgan fingerprint density at radius 1 is 0.652 bits per heavy atom. The van der Waals surface area contributed by atoms with Crippen LogP contribution in [0.4, 0.5) is 13.2 Å². The van der Waals surface area contributed by atoms with Crippen LogP contribution in [0.1, 0.15) is 5.56 Å². The van der Waals surface area contributed by atoms with E-state index in [1.165, 1.54) is 36.9 Å². The van der Waals surface area contributed by atoms with E-state index < -0.39 is 15.6 Å². The van der Waals surface area contributed by atoms with Gasteiger partial charge in [-0.2, -0.15) is 21.6 Å². The molecule has 6 aromatic rings. The monoisotopic (exact) mass is 663 g/mol. The van der Waals surface area contributed by atoms with E-state index in [1.807, 2.05) is 12.1 Å². The van der Waals surface area contributed by atoms with E-state index in [4.69, 9.17) is 22.4 Å². The number of hydrogen-bond acceptors (Lipinski definition) is 4. The lowest BCUT2D eigenvalue weighted by atomic mass is 9.96. The van der Waals surface area contributed by atoms with Gasteiger partial charge in [0.15, 0.2) is 22.3 Å². The first-order chi connectivity index (χ1) is 22.1. The lowest BCUT2D eigenvalue weighted by Gasteiger charge is -2.14. The number of rotatable bonds is 9. The van der Waals surface area contributed by atoms with Gasteiger partial charge in [0.1, 0.15) is 10.9 Å². The number of alkyl halides is 3. The van der Waals surface area contributed by atoms with Crippen molar-refractivity contribution in [3.05, 3.63) is 145 Å². The molecule has 6 rings (SSSR count). The zero-order valence-electron chi connectivity index (χ0n) is 24.4. The number of hydrogen-bond donors (Lipinski definition) is 1. The molecule has 0 saturated carbocycles. The maximum atomic E-state index is 10.7. The zero-order valence-corrected chi connectivity index (χ0v) is 26.1. The highest BCUT2D eigenvalue weighted by atomic mass is 32.2. The Morgan fingerprint density at radius 2 is 1.15 bits per heavy atom. The first-order valence-electron chi connectivity index (χ1n) is 14.2. The van der Waals surface area contributed by atoms with Crippen molar-refractivity contribution in [3.8, 4) is 5.75 Å². The first-order valence-corrected chi connectivity index (χ1v) is 16.9. The zero-order chi connectivity index (χ0) is 32.6. The lowest BCUT2D eigenvalue weighted by Crippen LogP contribution is -2.21. The van der Waals surface area contributed by atoms with Crippen LogP contribution in [-0.2, 0) is 32.2 Å². The molecule has 0 fully saturated rings. The molecule has 46 heavy (non-hydrogen) atoms. The maximum absolute atomic E-state index is 10.7. The summed E-state index contributed by atoms with van der Waals surface area (Å²) in [5.74, 6) is 0.861. The standard InChI is InChI=1S/C35H29O2S.CHF3O3S/c1-3-14-29(15-4-1)38(30-16-5-2-6-17-30)35-22-12-11-21-34(35)37-26-36-24-23-28-25-27-13-7-8-18-31(27)33-20-10-9-19-32(28)33;2-1(3,4)8(5,6)7/h1-22,25H,23-24,26H2;(H,5,6,7)/q+1;. The quantitative estimate of drug-likeness (QED) is 0.0417. The molecule has 6 aromatic carbocycles. The van der Waals surface area contributed by atoms with Crippen LogP contribution in [0.25, 0.3) is 21.5 Å². The summed E-state index contributed by atoms with van der Waals surface area (Å²) in [5, 5.41) is 5.13. The minimum atomic E-state index is -5.84. The Hall–Kier alpha value is -4.35. The molecule has 5 nitrogen and oxygen atoms in total. The molecule has 0 heterocycles. The summed E-state index contributed by atoms with van der Waals surface area (Å²) in [6, 6.07) is 49.1. The molecule has 0 aliphatic rings. The van der Waals surface area contributed by atoms with Gasteiger partial charge < -0.3 is 9.47 Å². The van der Waals surface area contributed by atoms with Crippen LogP contribution in [0.5, 0.6) is 5.75 Å². The van der Waals surface area contributed by atoms with Gasteiger partial charge in [0, 0.05) is 0 Å². The molecule has 0 aliphatic heterocycles. The van der Waals surface area contributed by atoms with Crippen molar-refractivity contribution in [3.63, 3.8) is 0 Å². The van der Waals surface area contributed by atoms with Gasteiger partial charge in [-0.3, -0.25) is 4.55 Å². The average Bonchev–Trinajstić information content (AvgIpc) is 3.06. The minimum absolute atomic E-state index is 0.212. The van der Waals surface area contributed by atoms with Gasteiger partial charge in [0.05, 0.1) is 6.61 Å². The molecule has 0 spiro atoms. The fourth-order valence-corrected chi connectivity index (χ4v) is 7.11. The average molecular weight is 664 g/mol. The molecule has 0 aliphatic carbocycles. The number of halogens is 3. The van der Waals surface area contributed by atoms with Gasteiger partial charge in [-0.15, -0.1) is 0 Å². The summed E-state index contributed by atoms with van der Waals surface area (Å²) in [5.41, 5.74) is -4.23. The van der Waals surface area contributed by atoms with Gasteiger partial charge in [-0.1, -0.05) is 103 Å². The summed E-state index contributed by atoms with van der Waals surface area (Å²) in [6.07, 6.45) is 0.828. The molecule has 0 radical (unpaired) electrons. The van der Waals surface area contributed by atoms with Crippen molar-refractivity contribution in [1.82, 2.24) is 0 Å².